The lowest BCUT2D eigenvalue weighted by atomic mass is 9.99. The third-order valence-corrected chi connectivity index (χ3v) is 3.86. The number of nitrogens with one attached hydrogen (secondary N) is 1. The minimum Gasteiger partial charge on any atom is -0.495 e. The first-order chi connectivity index (χ1) is 12.1. The van der Waals surface area contributed by atoms with E-state index < -0.39 is 23.6 Å². The monoisotopic (exact) mass is 381 g/mol. The Morgan fingerprint density at radius 3 is 2.54 bits per heavy atom. The number of carbonyl (C=O) groups is 1. The van der Waals surface area contributed by atoms with Gasteiger partial charge in [0.05, 0.1) is 17.8 Å². The summed E-state index contributed by atoms with van der Waals surface area (Å²) in [7, 11) is 1.45. The second-order valence-electron chi connectivity index (χ2n) is 6.62. The van der Waals surface area contributed by atoms with E-state index in [1.807, 2.05) is 0 Å². The molecule has 0 aliphatic heterocycles. The summed E-state index contributed by atoms with van der Waals surface area (Å²) in [5, 5.41) is 13.5. The van der Waals surface area contributed by atoms with E-state index in [-0.39, 0.29) is 16.3 Å². The molecule has 0 bridgehead atoms. The van der Waals surface area contributed by atoms with Gasteiger partial charge >= 0.3 is 6.09 Å². The fourth-order valence-electron chi connectivity index (χ4n) is 2.35. The first kappa shape index (κ1) is 20.0. The molecule has 2 aromatic rings. The van der Waals surface area contributed by atoms with E-state index in [1.165, 1.54) is 19.2 Å². The first-order valence-corrected chi connectivity index (χ1v) is 8.30. The Morgan fingerprint density at radius 2 is 1.92 bits per heavy atom. The van der Waals surface area contributed by atoms with Crippen molar-refractivity contribution in [3.05, 3.63) is 58.4 Å². The van der Waals surface area contributed by atoms with E-state index >= 15 is 0 Å². The highest BCUT2D eigenvalue weighted by Crippen LogP contribution is 2.37. The Balaban J connectivity index is 2.40. The van der Waals surface area contributed by atoms with Gasteiger partial charge in [0.15, 0.2) is 0 Å². The number of benzene rings is 2. The molecule has 0 aromatic heterocycles. The lowest BCUT2D eigenvalue weighted by Crippen LogP contribution is -2.27. The zero-order chi connectivity index (χ0) is 19.5. The minimum atomic E-state index is -1.28. The van der Waals surface area contributed by atoms with E-state index in [2.05, 4.69) is 5.32 Å². The SMILES string of the molecule is COc1cccc(C(O)c2cc(F)ccc2NC(=O)OC(C)(C)C)c1Cl. The van der Waals surface area contributed by atoms with E-state index in [9.17, 15) is 14.3 Å². The molecule has 2 rings (SSSR count). The quantitative estimate of drug-likeness (QED) is 0.789. The Labute approximate surface area is 156 Å². The molecule has 2 aromatic carbocycles. The van der Waals surface area contributed by atoms with Crippen molar-refractivity contribution < 1.29 is 23.8 Å². The van der Waals surface area contributed by atoms with Crippen molar-refractivity contribution in [1.82, 2.24) is 0 Å². The van der Waals surface area contributed by atoms with Crippen LogP contribution >= 0.6 is 11.6 Å². The summed E-state index contributed by atoms with van der Waals surface area (Å²) < 4.78 is 24.1. The van der Waals surface area contributed by atoms with Crippen molar-refractivity contribution in [2.45, 2.75) is 32.5 Å². The van der Waals surface area contributed by atoms with Crippen molar-refractivity contribution in [2.24, 2.45) is 0 Å². The first-order valence-electron chi connectivity index (χ1n) is 7.92. The molecule has 1 amide bonds. The fraction of sp³-hybridized carbons (Fsp3) is 0.316. The normalized spacial score (nSPS) is 12.4. The molecular formula is C19H21ClFNO4. The fourth-order valence-corrected chi connectivity index (χ4v) is 2.66. The van der Waals surface area contributed by atoms with Crippen LogP contribution in [0.4, 0.5) is 14.9 Å². The predicted molar refractivity (Wildman–Crippen MR) is 98.3 cm³/mol. The Kier molecular flexibility index (Phi) is 6.10. The van der Waals surface area contributed by atoms with Crippen LogP contribution in [0.25, 0.3) is 0 Å². The van der Waals surface area contributed by atoms with E-state index in [0.29, 0.717) is 11.3 Å². The summed E-state index contributed by atoms with van der Waals surface area (Å²) in [4.78, 5) is 12.0. The summed E-state index contributed by atoms with van der Waals surface area (Å²) >= 11 is 6.25. The number of aliphatic hydroxyl groups is 1. The van der Waals surface area contributed by atoms with Crippen LogP contribution in [0.5, 0.6) is 5.75 Å². The topological polar surface area (TPSA) is 67.8 Å². The van der Waals surface area contributed by atoms with Gasteiger partial charge in [0.25, 0.3) is 0 Å². The summed E-state index contributed by atoms with van der Waals surface area (Å²) in [5.41, 5.74) is -0.0131. The van der Waals surface area contributed by atoms with Crippen LogP contribution < -0.4 is 10.1 Å². The molecule has 0 heterocycles. The second-order valence-corrected chi connectivity index (χ2v) is 7.00. The molecule has 2 N–H and O–H groups in total. The highest BCUT2D eigenvalue weighted by Gasteiger charge is 2.23. The summed E-state index contributed by atoms with van der Waals surface area (Å²) in [6.07, 6.45) is -1.99. The van der Waals surface area contributed by atoms with Crippen LogP contribution in [0.3, 0.4) is 0 Å². The van der Waals surface area contributed by atoms with Gasteiger partial charge in [0.1, 0.15) is 23.3 Å². The van der Waals surface area contributed by atoms with Gasteiger partial charge in [-0.05, 0) is 45.0 Å². The maximum atomic E-state index is 13.8. The molecule has 0 aliphatic rings. The number of carbonyl (C=O) groups excluding carboxylic acids is 1. The Morgan fingerprint density at radius 1 is 1.23 bits per heavy atom. The molecule has 140 valence electrons. The lowest BCUT2D eigenvalue weighted by Gasteiger charge is -2.22. The van der Waals surface area contributed by atoms with Gasteiger partial charge in [-0.25, -0.2) is 9.18 Å². The van der Waals surface area contributed by atoms with Gasteiger partial charge in [-0.2, -0.15) is 0 Å². The summed E-state index contributed by atoms with van der Waals surface area (Å²) in [6.45, 7) is 5.18. The molecule has 1 unspecified atom stereocenters. The minimum absolute atomic E-state index is 0.144. The molecule has 0 fully saturated rings. The number of aliphatic hydroxyl groups excluding tert-OH is 1. The largest absolute Gasteiger partial charge is 0.495 e. The van der Waals surface area contributed by atoms with Crippen LogP contribution in [0.1, 0.15) is 38.0 Å². The average molecular weight is 382 g/mol. The predicted octanol–water partition coefficient (Wildman–Crippen LogP) is 4.92. The molecular weight excluding hydrogens is 361 g/mol. The Bertz CT molecular complexity index is 805. The number of ether oxygens (including phenoxy) is 2. The third-order valence-electron chi connectivity index (χ3n) is 3.45. The van der Waals surface area contributed by atoms with Crippen LogP contribution in [-0.2, 0) is 4.74 Å². The van der Waals surface area contributed by atoms with E-state index in [1.54, 1.807) is 39.0 Å². The lowest BCUT2D eigenvalue weighted by molar-refractivity contribution is 0.0635. The maximum Gasteiger partial charge on any atom is 0.412 e. The highest BCUT2D eigenvalue weighted by atomic mass is 35.5. The third kappa shape index (κ3) is 4.86. The number of halogens is 2. The number of rotatable bonds is 4. The highest BCUT2D eigenvalue weighted by molar-refractivity contribution is 6.32. The van der Waals surface area contributed by atoms with Gasteiger partial charge in [0.2, 0.25) is 0 Å². The molecule has 0 radical (unpaired) electrons. The van der Waals surface area contributed by atoms with Crippen LogP contribution in [0, 0.1) is 5.82 Å². The summed E-state index contributed by atoms with van der Waals surface area (Å²) in [6, 6.07) is 8.56. The second kappa shape index (κ2) is 7.93. The van der Waals surface area contributed by atoms with Crippen LogP contribution in [0.15, 0.2) is 36.4 Å². The number of amides is 1. The number of methoxy groups -OCH3 is 1. The molecule has 7 heteroatoms. The molecule has 26 heavy (non-hydrogen) atoms. The molecule has 5 nitrogen and oxygen atoms in total. The van der Waals surface area contributed by atoms with Gasteiger partial charge < -0.3 is 14.6 Å². The average Bonchev–Trinajstić information content (AvgIpc) is 2.54. The van der Waals surface area contributed by atoms with E-state index in [0.717, 1.165) is 6.07 Å². The van der Waals surface area contributed by atoms with Gasteiger partial charge in [0, 0.05) is 11.1 Å². The molecule has 0 aliphatic carbocycles. The number of hydrogen-bond donors (Lipinski definition) is 2. The molecule has 0 saturated heterocycles. The smallest absolute Gasteiger partial charge is 0.412 e. The Hall–Kier alpha value is -2.31. The van der Waals surface area contributed by atoms with Crippen molar-refractivity contribution >= 4 is 23.4 Å². The zero-order valence-corrected chi connectivity index (χ0v) is 15.7. The van der Waals surface area contributed by atoms with E-state index in [4.69, 9.17) is 21.1 Å². The van der Waals surface area contributed by atoms with Gasteiger partial charge in [-0.15, -0.1) is 0 Å². The van der Waals surface area contributed by atoms with Crippen molar-refractivity contribution in [1.29, 1.82) is 0 Å². The van der Waals surface area contributed by atoms with Gasteiger partial charge in [-0.1, -0.05) is 23.7 Å². The van der Waals surface area contributed by atoms with Gasteiger partial charge in [-0.3, -0.25) is 5.32 Å². The summed E-state index contributed by atoms with van der Waals surface area (Å²) in [5.74, 6) is -0.186. The van der Waals surface area contributed by atoms with Crippen molar-refractivity contribution in [2.75, 3.05) is 12.4 Å². The molecule has 0 saturated carbocycles. The standard InChI is InChI=1S/C19H21ClFNO4/c1-19(2,3)26-18(24)22-14-9-8-11(21)10-13(14)17(23)12-6-5-7-15(25-4)16(12)20/h5-10,17,23H,1-4H3,(H,22,24). The van der Waals surface area contributed by atoms with Crippen molar-refractivity contribution in [3.63, 3.8) is 0 Å². The number of hydrogen-bond acceptors (Lipinski definition) is 4. The zero-order valence-electron chi connectivity index (χ0n) is 15.0. The molecule has 1 atom stereocenters. The maximum absolute atomic E-state index is 13.8. The number of anilines is 1. The molecule has 0 spiro atoms. The van der Waals surface area contributed by atoms with Crippen LogP contribution in [0.2, 0.25) is 5.02 Å². The van der Waals surface area contributed by atoms with Crippen LogP contribution in [-0.4, -0.2) is 23.9 Å². The van der Waals surface area contributed by atoms with Crippen molar-refractivity contribution in [3.8, 4) is 5.75 Å².